The van der Waals surface area contributed by atoms with Crippen LogP contribution >= 0.6 is 11.6 Å². The SMILES string of the molecule is COC(=O)Cc1cccc(Cl)c1COc1cc(C)c(C)cc1C. The number of hydrogen-bond acceptors (Lipinski definition) is 3. The van der Waals surface area contributed by atoms with Crippen molar-refractivity contribution >= 4 is 17.6 Å². The first-order valence-corrected chi connectivity index (χ1v) is 7.84. The molecule has 0 saturated heterocycles. The van der Waals surface area contributed by atoms with E-state index in [1.165, 1.54) is 18.2 Å². The molecule has 0 aromatic heterocycles. The zero-order valence-corrected chi connectivity index (χ0v) is 14.7. The summed E-state index contributed by atoms with van der Waals surface area (Å²) in [6, 6.07) is 9.63. The van der Waals surface area contributed by atoms with Crippen LogP contribution in [0.25, 0.3) is 0 Å². The van der Waals surface area contributed by atoms with E-state index in [0.717, 1.165) is 22.4 Å². The minimum Gasteiger partial charge on any atom is -0.489 e. The molecule has 0 N–H and O–H groups in total. The number of carbonyl (C=O) groups is 1. The maximum absolute atomic E-state index is 11.5. The smallest absolute Gasteiger partial charge is 0.309 e. The minimum atomic E-state index is -0.295. The van der Waals surface area contributed by atoms with Crippen molar-refractivity contribution in [2.24, 2.45) is 0 Å². The van der Waals surface area contributed by atoms with Gasteiger partial charge < -0.3 is 9.47 Å². The quantitative estimate of drug-likeness (QED) is 0.753. The number of hydrogen-bond donors (Lipinski definition) is 0. The Morgan fingerprint density at radius 2 is 1.78 bits per heavy atom. The molecule has 23 heavy (non-hydrogen) atoms. The number of rotatable bonds is 5. The van der Waals surface area contributed by atoms with Gasteiger partial charge in [-0.2, -0.15) is 0 Å². The van der Waals surface area contributed by atoms with E-state index in [1.54, 1.807) is 6.07 Å². The number of ether oxygens (including phenoxy) is 2. The van der Waals surface area contributed by atoms with Crippen molar-refractivity contribution in [2.45, 2.75) is 33.8 Å². The molecule has 0 spiro atoms. The van der Waals surface area contributed by atoms with E-state index in [2.05, 4.69) is 19.9 Å². The van der Waals surface area contributed by atoms with Crippen LogP contribution in [0.4, 0.5) is 0 Å². The largest absolute Gasteiger partial charge is 0.489 e. The molecule has 0 fully saturated rings. The first kappa shape index (κ1) is 17.4. The van der Waals surface area contributed by atoms with E-state index in [9.17, 15) is 4.79 Å². The summed E-state index contributed by atoms with van der Waals surface area (Å²) in [4.78, 5) is 11.5. The van der Waals surface area contributed by atoms with Gasteiger partial charge in [0.2, 0.25) is 0 Å². The molecule has 0 radical (unpaired) electrons. The lowest BCUT2D eigenvalue weighted by atomic mass is 10.0. The van der Waals surface area contributed by atoms with Crippen molar-refractivity contribution in [1.29, 1.82) is 0 Å². The van der Waals surface area contributed by atoms with Crippen molar-refractivity contribution in [1.82, 2.24) is 0 Å². The van der Waals surface area contributed by atoms with Crippen molar-refractivity contribution < 1.29 is 14.3 Å². The Morgan fingerprint density at radius 3 is 2.48 bits per heavy atom. The van der Waals surface area contributed by atoms with Gasteiger partial charge in [-0.3, -0.25) is 4.79 Å². The highest BCUT2D eigenvalue weighted by Crippen LogP contribution is 2.26. The molecule has 0 saturated carbocycles. The second kappa shape index (κ2) is 7.51. The summed E-state index contributed by atoms with van der Waals surface area (Å²) in [5.74, 6) is 0.535. The Balaban J connectivity index is 2.23. The summed E-state index contributed by atoms with van der Waals surface area (Å²) >= 11 is 6.29. The molecule has 0 heterocycles. The molecular formula is C19H21ClO3. The molecule has 4 heteroatoms. The Bertz CT molecular complexity index is 723. The second-order valence-electron chi connectivity index (χ2n) is 5.62. The fourth-order valence-corrected chi connectivity index (χ4v) is 2.65. The van der Waals surface area contributed by atoms with Crippen molar-refractivity contribution in [3.05, 3.63) is 63.2 Å². The summed E-state index contributed by atoms with van der Waals surface area (Å²) < 4.78 is 10.7. The summed E-state index contributed by atoms with van der Waals surface area (Å²) in [5.41, 5.74) is 5.14. The van der Waals surface area contributed by atoms with Crippen LogP contribution in [0.3, 0.4) is 0 Å². The van der Waals surface area contributed by atoms with E-state index in [4.69, 9.17) is 21.1 Å². The lowest BCUT2D eigenvalue weighted by Crippen LogP contribution is -2.09. The van der Waals surface area contributed by atoms with Gasteiger partial charge in [-0.1, -0.05) is 29.8 Å². The summed E-state index contributed by atoms with van der Waals surface area (Å²) in [6.07, 6.45) is 0.182. The van der Waals surface area contributed by atoms with Crippen molar-refractivity contribution in [3.63, 3.8) is 0 Å². The molecule has 0 bridgehead atoms. The summed E-state index contributed by atoms with van der Waals surface area (Å²) in [5, 5.41) is 0.591. The maximum atomic E-state index is 11.5. The molecule has 2 aromatic carbocycles. The van der Waals surface area contributed by atoms with Gasteiger partial charge in [0.1, 0.15) is 12.4 Å². The highest BCUT2D eigenvalue weighted by atomic mass is 35.5. The monoisotopic (exact) mass is 332 g/mol. The Hall–Kier alpha value is -2.00. The van der Waals surface area contributed by atoms with Gasteiger partial charge >= 0.3 is 5.97 Å². The Kier molecular flexibility index (Phi) is 5.67. The minimum absolute atomic E-state index is 0.182. The van der Waals surface area contributed by atoms with Crippen molar-refractivity contribution in [3.8, 4) is 5.75 Å². The van der Waals surface area contributed by atoms with Gasteiger partial charge in [0.15, 0.2) is 0 Å². The third-order valence-corrected chi connectivity index (χ3v) is 4.30. The first-order valence-electron chi connectivity index (χ1n) is 7.46. The number of methoxy groups -OCH3 is 1. The third kappa shape index (κ3) is 4.26. The van der Waals surface area contributed by atoms with E-state index in [1.807, 2.05) is 25.1 Å². The van der Waals surface area contributed by atoms with Gasteiger partial charge in [-0.25, -0.2) is 0 Å². The number of carbonyl (C=O) groups excluding carboxylic acids is 1. The van der Waals surface area contributed by atoms with Gasteiger partial charge in [0.05, 0.1) is 13.5 Å². The van der Waals surface area contributed by atoms with Crippen LogP contribution in [0.1, 0.15) is 27.8 Å². The summed E-state index contributed by atoms with van der Waals surface area (Å²) in [6.45, 7) is 6.47. The van der Waals surface area contributed by atoms with E-state index in [0.29, 0.717) is 11.6 Å². The molecule has 2 aromatic rings. The maximum Gasteiger partial charge on any atom is 0.309 e. The predicted octanol–water partition coefficient (Wildman–Crippen LogP) is 4.56. The average Bonchev–Trinajstić information content (AvgIpc) is 2.51. The molecule has 0 unspecified atom stereocenters. The first-order chi connectivity index (χ1) is 10.9. The fourth-order valence-electron chi connectivity index (χ4n) is 2.40. The molecule has 122 valence electrons. The van der Waals surface area contributed by atoms with Gasteiger partial charge in [-0.05, 0) is 55.2 Å². The lowest BCUT2D eigenvalue weighted by molar-refractivity contribution is -0.139. The standard InChI is InChI=1S/C19H21ClO3/c1-12-8-14(3)18(9-13(12)2)23-11-16-15(10-19(21)22-4)6-5-7-17(16)20/h5-9H,10-11H2,1-4H3. The van der Waals surface area contributed by atoms with Crippen LogP contribution in [0.5, 0.6) is 5.75 Å². The second-order valence-corrected chi connectivity index (χ2v) is 6.03. The van der Waals surface area contributed by atoms with Crippen LogP contribution < -0.4 is 4.74 Å². The molecule has 0 aliphatic rings. The van der Waals surface area contributed by atoms with E-state index in [-0.39, 0.29) is 12.4 Å². The Labute approximate surface area is 142 Å². The molecule has 2 rings (SSSR count). The van der Waals surface area contributed by atoms with Gasteiger partial charge in [0, 0.05) is 10.6 Å². The number of esters is 1. The van der Waals surface area contributed by atoms with E-state index >= 15 is 0 Å². The topological polar surface area (TPSA) is 35.5 Å². The molecule has 0 amide bonds. The zero-order chi connectivity index (χ0) is 17.0. The summed E-state index contributed by atoms with van der Waals surface area (Å²) in [7, 11) is 1.38. The average molecular weight is 333 g/mol. The van der Waals surface area contributed by atoms with Crippen molar-refractivity contribution in [2.75, 3.05) is 7.11 Å². The molecule has 0 aliphatic carbocycles. The van der Waals surface area contributed by atoms with Crippen LogP contribution in [0, 0.1) is 20.8 Å². The van der Waals surface area contributed by atoms with Gasteiger partial charge in [-0.15, -0.1) is 0 Å². The molecule has 0 atom stereocenters. The predicted molar refractivity (Wildman–Crippen MR) is 92.2 cm³/mol. The number of aryl methyl sites for hydroxylation is 3. The van der Waals surface area contributed by atoms with Crippen LogP contribution in [-0.4, -0.2) is 13.1 Å². The molecule has 0 aliphatic heterocycles. The van der Waals surface area contributed by atoms with E-state index < -0.39 is 0 Å². The Morgan fingerprint density at radius 1 is 1.09 bits per heavy atom. The highest BCUT2D eigenvalue weighted by Gasteiger charge is 2.13. The highest BCUT2D eigenvalue weighted by molar-refractivity contribution is 6.31. The third-order valence-electron chi connectivity index (χ3n) is 3.94. The number of benzene rings is 2. The molecular weight excluding hydrogens is 312 g/mol. The van der Waals surface area contributed by atoms with Gasteiger partial charge in [0.25, 0.3) is 0 Å². The lowest BCUT2D eigenvalue weighted by Gasteiger charge is -2.15. The van der Waals surface area contributed by atoms with Crippen LogP contribution in [0.2, 0.25) is 5.02 Å². The fraction of sp³-hybridized carbons (Fsp3) is 0.316. The zero-order valence-electron chi connectivity index (χ0n) is 13.9. The normalized spacial score (nSPS) is 10.5. The number of halogens is 1. The van der Waals surface area contributed by atoms with Crippen LogP contribution in [-0.2, 0) is 22.6 Å². The van der Waals surface area contributed by atoms with Crippen LogP contribution in [0.15, 0.2) is 30.3 Å². The molecule has 3 nitrogen and oxygen atoms in total.